The monoisotopic (exact) mass is 643 g/mol. The quantitative estimate of drug-likeness (QED) is 0.192. The van der Waals surface area contributed by atoms with E-state index in [0.29, 0.717) is 5.92 Å². The smallest absolute Gasteiger partial charge is 0.160 e. The van der Waals surface area contributed by atoms with Gasteiger partial charge >= 0.3 is 0 Å². The van der Waals surface area contributed by atoms with Crippen LogP contribution >= 0.6 is 11.3 Å². The third-order valence-corrected chi connectivity index (χ3v) is 12.1. The van der Waals surface area contributed by atoms with Crippen LogP contribution in [0.3, 0.4) is 0 Å². The number of hydrogen-bond acceptors (Lipinski definition) is 3. The molecule has 0 aliphatic heterocycles. The third-order valence-electron chi connectivity index (χ3n) is 11.0. The van der Waals surface area contributed by atoms with Gasteiger partial charge in [0.25, 0.3) is 0 Å². The molecule has 0 radical (unpaired) electrons. The van der Waals surface area contributed by atoms with E-state index in [0.717, 1.165) is 38.5 Å². The molecule has 3 aliphatic rings. The van der Waals surface area contributed by atoms with Gasteiger partial charge in [-0.3, -0.25) is 0 Å². The Morgan fingerprint density at radius 1 is 0.694 bits per heavy atom. The summed E-state index contributed by atoms with van der Waals surface area (Å²) < 4.78 is 4.82. The molecule has 0 saturated carbocycles. The van der Waals surface area contributed by atoms with Gasteiger partial charge in [0.05, 0.1) is 27.1 Å². The number of fused-ring (bicyclic) bond motifs is 6. The molecule has 3 aromatic heterocycles. The molecule has 3 heterocycles. The number of nitrogens with zero attached hydrogens (tertiary/aromatic N) is 3. The van der Waals surface area contributed by atoms with Gasteiger partial charge in [-0.2, -0.15) is 0 Å². The fourth-order valence-electron chi connectivity index (χ4n) is 8.71. The lowest BCUT2D eigenvalue weighted by atomic mass is 9.61. The van der Waals surface area contributed by atoms with Crippen LogP contribution in [0, 0.1) is 5.92 Å². The minimum absolute atomic E-state index is 0.174. The summed E-state index contributed by atoms with van der Waals surface area (Å²) in [6.45, 7) is 2.46. The molecule has 5 aromatic carbocycles. The first-order valence-corrected chi connectivity index (χ1v) is 17.7. The van der Waals surface area contributed by atoms with Gasteiger partial charge in [-0.15, -0.1) is 11.3 Å². The molecule has 2 unspecified atom stereocenters. The molecule has 0 fully saturated rings. The first-order valence-electron chi connectivity index (χ1n) is 16.9. The summed E-state index contributed by atoms with van der Waals surface area (Å²) in [4.78, 5) is 10.3. The SMILES string of the molecule is CC12C3=CC=CC1C=Cc1c2c2c(cccc2n1-c1ccc(-c2nc(-c4ccccc4)nc4c2sc2ccccc24)cc1)-c1ccccc13. The topological polar surface area (TPSA) is 30.7 Å². The number of benzene rings is 5. The van der Waals surface area contributed by atoms with Gasteiger partial charge in [0.15, 0.2) is 5.82 Å². The second kappa shape index (κ2) is 9.85. The van der Waals surface area contributed by atoms with E-state index in [1.807, 2.05) is 18.2 Å². The predicted molar refractivity (Wildman–Crippen MR) is 205 cm³/mol. The van der Waals surface area contributed by atoms with Crippen LogP contribution in [0.25, 0.3) is 82.3 Å². The van der Waals surface area contributed by atoms with Crippen molar-refractivity contribution in [3.05, 3.63) is 162 Å². The lowest BCUT2D eigenvalue weighted by Gasteiger charge is -2.41. The van der Waals surface area contributed by atoms with Gasteiger partial charge in [-0.05, 0) is 58.2 Å². The Morgan fingerprint density at radius 2 is 1.47 bits per heavy atom. The second-order valence-corrected chi connectivity index (χ2v) is 14.5. The summed E-state index contributed by atoms with van der Waals surface area (Å²) in [5.74, 6) is 1.04. The van der Waals surface area contributed by atoms with E-state index in [1.54, 1.807) is 11.3 Å². The van der Waals surface area contributed by atoms with Crippen molar-refractivity contribution in [2.45, 2.75) is 12.3 Å². The van der Waals surface area contributed by atoms with Gasteiger partial charge in [-0.25, -0.2) is 9.97 Å². The van der Waals surface area contributed by atoms with E-state index in [-0.39, 0.29) is 5.41 Å². The van der Waals surface area contributed by atoms with E-state index in [1.165, 1.54) is 54.5 Å². The maximum Gasteiger partial charge on any atom is 0.160 e. The highest BCUT2D eigenvalue weighted by molar-refractivity contribution is 7.26. The number of thiophene rings is 1. The summed E-state index contributed by atoms with van der Waals surface area (Å²) in [7, 11) is 0. The van der Waals surface area contributed by atoms with Crippen molar-refractivity contribution in [2.75, 3.05) is 0 Å². The normalized spacial score (nSPS) is 18.6. The zero-order valence-electron chi connectivity index (χ0n) is 26.8. The van der Waals surface area contributed by atoms with Crippen molar-refractivity contribution in [3.8, 4) is 39.5 Å². The van der Waals surface area contributed by atoms with E-state index in [2.05, 4.69) is 145 Å². The Labute approximate surface area is 287 Å². The summed E-state index contributed by atoms with van der Waals surface area (Å²) in [6, 6.07) is 43.7. The Balaban J connectivity index is 1.14. The Kier molecular flexibility index (Phi) is 5.46. The van der Waals surface area contributed by atoms with Crippen LogP contribution in [0.15, 0.2) is 146 Å². The maximum atomic E-state index is 5.22. The van der Waals surface area contributed by atoms with Crippen molar-refractivity contribution in [3.63, 3.8) is 0 Å². The molecule has 11 rings (SSSR count). The lowest BCUT2D eigenvalue weighted by molar-refractivity contribution is 0.514. The van der Waals surface area contributed by atoms with Crippen LogP contribution in [-0.2, 0) is 5.41 Å². The van der Waals surface area contributed by atoms with Gasteiger partial charge in [0.1, 0.15) is 0 Å². The van der Waals surface area contributed by atoms with Crippen LogP contribution < -0.4 is 0 Å². The van der Waals surface area contributed by atoms with Crippen LogP contribution in [0.4, 0.5) is 0 Å². The van der Waals surface area contributed by atoms with Crippen molar-refractivity contribution in [2.24, 2.45) is 5.92 Å². The highest BCUT2D eigenvalue weighted by Crippen LogP contribution is 2.59. The van der Waals surface area contributed by atoms with E-state index < -0.39 is 0 Å². The Morgan fingerprint density at radius 3 is 2.35 bits per heavy atom. The van der Waals surface area contributed by atoms with Crippen molar-refractivity contribution < 1.29 is 0 Å². The predicted octanol–water partition coefficient (Wildman–Crippen LogP) is 11.7. The molecule has 0 spiro atoms. The molecule has 230 valence electrons. The molecule has 0 saturated heterocycles. The first-order chi connectivity index (χ1) is 24.2. The van der Waals surface area contributed by atoms with Crippen molar-refractivity contribution in [1.29, 1.82) is 0 Å². The Hall–Kier alpha value is -5.84. The van der Waals surface area contributed by atoms with Crippen LogP contribution in [-0.4, -0.2) is 14.5 Å². The van der Waals surface area contributed by atoms with Gasteiger partial charge in [0, 0.05) is 43.6 Å². The molecule has 3 nitrogen and oxygen atoms in total. The van der Waals surface area contributed by atoms with Crippen LogP contribution in [0.2, 0.25) is 0 Å². The minimum atomic E-state index is -0.174. The largest absolute Gasteiger partial charge is 0.310 e. The molecule has 3 aliphatic carbocycles. The van der Waals surface area contributed by atoms with Crippen molar-refractivity contribution in [1.82, 2.24) is 14.5 Å². The fraction of sp³-hybridized carbons (Fsp3) is 0.0667. The Bertz CT molecular complexity index is 2780. The van der Waals surface area contributed by atoms with Crippen molar-refractivity contribution >= 4 is 54.2 Å². The maximum absolute atomic E-state index is 5.22. The van der Waals surface area contributed by atoms with Gasteiger partial charge in [0.2, 0.25) is 0 Å². The molecule has 0 amide bonds. The summed E-state index contributed by atoms with van der Waals surface area (Å²) in [6.07, 6.45) is 11.7. The van der Waals surface area contributed by atoms with E-state index >= 15 is 0 Å². The zero-order chi connectivity index (χ0) is 32.3. The summed E-state index contributed by atoms with van der Waals surface area (Å²) in [5.41, 5.74) is 14.4. The molecular formula is C45H29N3S. The zero-order valence-corrected chi connectivity index (χ0v) is 27.6. The molecule has 49 heavy (non-hydrogen) atoms. The number of allylic oxidation sites excluding steroid dienone is 5. The third kappa shape index (κ3) is 3.61. The average molecular weight is 644 g/mol. The molecule has 4 heteroatoms. The van der Waals surface area contributed by atoms with E-state index in [4.69, 9.17) is 9.97 Å². The van der Waals surface area contributed by atoms with E-state index in [9.17, 15) is 0 Å². The van der Waals surface area contributed by atoms with Gasteiger partial charge < -0.3 is 4.57 Å². The highest BCUT2D eigenvalue weighted by Gasteiger charge is 2.47. The standard InChI is InChI=1S/C45H29N3S/c1-45-29-13-9-18-35(45)32-15-6-5-14-31(32)33-17-10-19-36-39(33)40(45)37(26-23-29)48(36)30-24-21-27(22-25-30)41-43-42(34-16-7-8-20-38(34)49-43)47-44(46-41)28-11-3-2-4-12-28/h2-26,29H,1H3. The lowest BCUT2D eigenvalue weighted by Crippen LogP contribution is -2.35. The first kappa shape index (κ1) is 27.1. The number of aromatic nitrogens is 3. The fourth-order valence-corrected chi connectivity index (χ4v) is 9.86. The molecule has 2 atom stereocenters. The second-order valence-electron chi connectivity index (χ2n) is 13.5. The highest BCUT2D eigenvalue weighted by atomic mass is 32.1. The number of hydrogen-bond donors (Lipinski definition) is 0. The van der Waals surface area contributed by atoms with Gasteiger partial charge in [-0.1, -0.05) is 128 Å². The molecule has 0 bridgehead atoms. The molecule has 8 aromatic rings. The van der Waals surface area contributed by atoms with Crippen LogP contribution in [0.1, 0.15) is 23.7 Å². The average Bonchev–Trinajstić information content (AvgIpc) is 3.68. The number of rotatable bonds is 3. The minimum Gasteiger partial charge on any atom is -0.310 e. The van der Waals surface area contributed by atoms with Crippen LogP contribution in [0.5, 0.6) is 0 Å². The summed E-state index contributed by atoms with van der Waals surface area (Å²) in [5, 5.41) is 2.54. The summed E-state index contributed by atoms with van der Waals surface area (Å²) >= 11 is 1.77. The molecule has 0 N–H and O–H groups in total. The molecular weight excluding hydrogens is 615 g/mol.